The molecule has 0 aliphatic rings. The van der Waals surface area contributed by atoms with E-state index in [1.54, 1.807) is 7.11 Å². The molecule has 0 saturated heterocycles. The van der Waals surface area contributed by atoms with Crippen LogP contribution in [0.15, 0.2) is 18.2 Å². The number of methoxy groups -OCH3 is 1. The number of rotatable bonds is 5. The molecule has 0 amide bonds. The van der Waals surface area contributed by atoms with Crippen molar-refractivity contribution in [3.8, 4) is 5.75 Å². The fourth-order valence-corrected chi connectivity index (χ4v) is 1.27. The molecule has 1 rings (SSSR count). The van der Waals surface area contributed by atoms with Crippen LogP contribution in [0.4, 0.5) is 4.39 Å². The summed E-state index contributed by atoms with van der Waals surface area (Å²) in [4.78, 5) is 0. The van der Waals surface area contributed by atoms with Crippen molar-refractivity contribution in [2.75, 3.05) is 20.4 Å². The van der Waals surface area contributed by atoms with E-state index in [-0.39, 0.29) is 6.61 Å². The van der Waals surface area contributed by atoms with Crippen LogP contribution in [-0.4, -0.2) is 20.4 Å². The first kappa shape index (κ1) is 14.9. The first-order valence-corrected chi connectivity index (χ1v) is 5.54. The van der Waals surface area contributed by atoms with E-state index in [0.717, 1.165) is 16.9 Å². The van der Waals surface area contributed by atoms with Crippen molar-refractivity contribution in [3.63, 3.8) is 0 Å². The predicted molar refractivity (Wildman–Crippen MR) is 64.7 cm³/mol. The van der Waals surface area contributed by atoms with Crippen LogP contribution in [0.3, 0.4) is 0 Å². The minimum Gasteiger partial charge on any atom is -0.497 e. The van der Waals surface area contributed by atoms with Gasteiger partial charge in [0.25, 0.3) is 0 Å². The molecule has 0 saturated carbocycles. The van der Waals surface area contributed by atoms with Gasteiger partial charge in [-0.1, -0.05) is 19.9 Å². The van der Waals surface area contributed by atoms with Crippen LogP contribution >= 0.6 is 0 Å². The molecular weight excluding hydrogens is 207 g/mol. The Morgan fingerprint density at radius 1 is 1.19 bits per heavy atom. The molecule has 0 unspecified atom stereocenters. The van der Waals surface area contributed by atoms with Crippen molar-refractivity contribution in [1.29, 1.82) is 0 Å². The Morgan fingerprint density at radius 3 is 2.44 bits per heavy atom. The highest BCUT2D eigenvalue weighted by molar-refractivity contribution is 5.33. The number of aryl methyl sites for hydroxylation is 1. The van der Waals surface area contributed by atoms with E-state index in [4.69, 9.17) is 9.47 Å². The van der Waals surface area contributed by atoms with Gasteiger partial charge in [0.2, 0.25) is 0 Å². The lowest BCUT2D eigenvalue weighted by Gasteiger charge is -2.06. The van der Waals surface area contributed by atoms with E-state index in [1.165, 1.54) is 0 Å². The zero-order chi connectivity index (χ0) is 12.4. The zero-order valence-electron chi connectivity index (χ0n) is 10.5. The van der Waals surface area contributed by atoms with Gasteiger partial charge >= 0.3 is 0 Å². The SMILES string of the molecule is CC.COc1cc(C)cc(COCCF)c1. The Labute approximate surface area is 97.4 Å². The van der Waals surface area contributed by atoms with E-state index in [0.29, 0.717) is 6.61 Å². The molecular formula is C13H21FO2. The van der Waals surface area contributed by atoms with E-state index < -0.39 is 6.67 Å². The highest BCUT2D eigenvalue weighted by Crippen LogP contribution is 2.16. The first-order valence-electron chi connectivity index (χ1n) is 5.54. The van der Waals surface area contributed by atoms with Gasteiger partial charge in [0.15, 0.2) is 0 Å². The van der Waals surface area contributed by atoms with Crippen LogP contribution < -0.4 is 4.74 Å². The van der Waals surface area contributed by atoms with Gasteiger partial charge < -0.3 is 9.47 Å². The zero-order valence-corrected chi connectivity index (χ0v) is 10.5. The largest absolute Gasteiger partial charge is 0.497 e. The summed E-state index contributed by atoms with van der Waals surface area (Å²) in [5.74, 6) is 0.809. The Hall–Kier alpha value is -1.09. The molecule has 0 heterocycles. The average Bonchev–Trinajstić information content (AvgIpc) is 2.31. The highest BCUT2D eigenvalue weighted by atomic mass is 19.1. The number of hydrogen-bond donors (Lipinski definition) is 0. The maximum atomic E-state index is 11.8. The maximum Gasteiger partial charge on any atom is 0.119 e. The summed E-state index contributed by atoms with van der Waals surface area (Å²) in [6.07, 6.45) is 0. The molecule has 3 heteroatoms. The first-order chi connectivity index (χ1) is 7.76. The number of alkyl halides is 1. The number of hydrogen-bond acceptors (Lipinski definition) is 2. The smallest absolute Gasteiger partial charge is 0.119 e. The van der Waals surface area contributed by atoms with E-state index in [9.17, 15) is 4.39 Å². The van der Waals surface area contributed by atoms with Crippen LogP contribution in [0.5, 0.6) is 5.75 Å². The Kier molecular flexibility index (Phi) is 8.53. The molecule has 0 aliphatic carbocycles. The normalized spacial score (nSPS) is 9.31. The molecule has 0 fully saturated rings. The third-order valence-corrected chi connectivity index (χ3v) is 1.84. The van der Waals surface area contributed by atoms with Gasteiger partial charge in [-0.15, -0.1) is 0 Å². The predicted octanol–water partition coefficient (Wildman–Crippen LogP) is 3.52. The summed E-state index contributed by atoms with van der Waals surface area (Å²) in [6, 6.07) is 5.84. The van der Waals surface area contributed by atoms with Gasteiger partial charge in [0.1, 0.15) is 12.4 Å². The van der Waals surface area contributed by atoms with Crippen molar-refractivity contribution >= 4 is 0 Å². The van der Waals surface area contributed by atoms with Crippen molar-refractivity contribution < 1.29 is 13.9 Å². The molecule has 0 bridgehead atoms. The van der Waals surface area contributed by atoms with E-state index in [1.807, 2.05) is 39.0 Å². The molecule has 2 nitrogen and oxygen atoms in total. The van der Waals surface area contributed by atoms with Gasteiger partial charge in [-0.2, -0.15) is 0 Å². The number of benzene rings is 1. The third kappa shape index (κ3) is 5.71. The van der Waals surface area contributed by atoms with Gasteiger partial charge in [-0.3, -0.25) is 0 Å². The van der Waals surface area contributed by atoms with Gasteiger partial charge in [-0.25, -0.2) is 4.39 Å². The van der Waals surface area contributed by atoms with Crippen LogP contribution in [0, 0.1) is 6.92 Å². The van der Waals surface area contributed by atoms with E-state index in [2.05, 4.69) is 0 Å². The van der Waals surface area contributed by atoms with Crippen molar-refractivity contribution in [1.82, 2.24) is 0 Å². The number of halogens is 1. The Bertz CT molecular complexity index is 287. The summed E-state index contributed by atoms with van der Waals surface area (Å²) in [7, 11) is 1.63. The summed E-state index contributed by atoms with van der Waals surface area (Å²) in [6.45, 7) is 6.13. The maximum absolute atomic E-state index is 11.8. The fraction of sp³-hybridized carbons (Fsp3) is 0.538. The van der Waals surface area contributed by atoms with Crippen LogP contribution in [-0.2, 0) is 11.3 Å². The molecule has 0 radical (unpaired) electrons. The third-order valence-electron chi connectivity index (χ3n) is 1.84. The molecule has 0 aliphatic heterocycles. The Balaban J connectivity index is 0.00000106. The summed E-state index contributed by atoms with van der Waals surface area (Å²) >= 11 is 0. The molecule has 16 heavy (non-hydrogen) atoms. The van der Waals surface area contributed by atoms with Crippen molar-refractivity contribution in [2.45, 2.75) is 27.4 Å². The molecule has 92 valence electrons. The lowest BCUT2D eigenvalue weighted by Crippen LogP contribution is -1.97. The highest BCUT2D eigenvalue weighted by Gasteiger charge is 1.98. The topological polar surface area (TPSA) is 18.5 Å². The van der Waals surface area contributed by atoms with Gasteiger partial charge in [0, 0.05) is 0 Å². The monoisotopic (exact) mass is 228 g/mol. The Morgan fingerprint density at radius 2 is 1.88 bits per heavy atom. The van der Waals surface area contributed by atoms with Gasteiger partial charge in [-0.05, 0) is 30.2 Å². The molecule has 0 N–H and O–H groups in total. The quantitative estimate of drug-likeness (QED) is 0.718. The van der Waals surface area contributed by atoms with Crippen molar-refractivity contribution in [2.24, 2.45) is 0 Å². The van der Waals surface area contributed by atoms with E-state index >= 15 is 0 Å². The van der Waals surface area contributed by atoms with Crippen LogP contribution in [0.1, 0.15) is 25.0 Å². The molecule has 1 aromatic rings. The number of ether oxygens (including phenoxy) is 2. The minimum atomic E-state index is -0.442. The van der Waals surface area contributed by atoms with Crippen LogP contribution in [0.25, 0.3) is 0 Å². The lowest BCUT2D eigenvalue weighted by molar-refractivity contribution is 0.106. The standard InChI is InChI=1S/C11H15FO2.C2H6/c1-9-5-10(8-14-4-3-12)7-11(6-9)13-2;1-2/h5-7H,3-4,8H2,1-2H3;1-2H3. The summed E-state index contributed by atoms with van der Waals surface area (Å²) in [5, 5.41) is 0. The minimum absolute atomic E-state index is 0.149. The molecule has 0 aromatic heterocycles. The second-order valence-electron chi connectivity index (χ2n) is 3.10. The molecule has 0 spiro atoms. The molecule has 0 atom stereocenters. The molecule has 1 aromatic carbocycles. The summed E-state index contributed by atoms with van der Waals surface area (Å²) in [5.41, 5.74) is 2.12. The second-order valence-corrected chi connectivity index (χ2v) is 3.10. The lowest BCUT2D eigenvalue weighted by atomic mass is 10.1. The van der Waals surface area contributed by atoms with Gasteiger partial charge in [0.05, 0.1) is 20.3 Å². The van der Waals surface area contributed by atoms with Crippen LogP contribution in [0.2, 0.25) is 0 Å². The van der Waals surface area contributed by atoms with Crippen molar-refractivity contribution in [3.05, 3.63) is 29.3 Å². The average molecular weight is 228 g/mol. The summed E-state index contributed by atoms with van der Waals surface area (Å²) < 4.78 is 22.0. The second kappa shape index (κ2) is 9.16. The fourth-order valence-electron chi connectivity index (χ4n) is 1.27.